The minimum absolute atomic E-state index is 0.0907. The predicted octanol–water partition coefficient (Wildman–Crippen LogP) is 5.60. The second kappa shape index (κ2) is 15.1. The maximum Gasteiger partial charge on any atom is 0.371 e. The number of para-hydroxylation sites is 1. The first-order valence-electron chi connectivity index (χ1n) is 12.4. The van der Waals surface area contributed by atoms with Crippen LogP contribution in [0.4, 0.5) is 4.39 Å². The highest BCUT2D eigenvalue weighted by Gasteiger charge is 2.19. The summed E-state index contributed by atoms with van der Waals surface area (Å²) in [5.41, 5.74) is 0.915. The Kier molecular flexibility index (Phi) is 12.2. The van der Waals surface area contributed by atoms with Crippen molar-refractivity contribution in [1.29, 1.82) is 0 Å². The lowest BCUT2D eigenvalue weighted by Crippen LogP contribution is -2.16. The summed E-state index contributed by atoms with van der Waals surface area (Å²) in [4.78, 5) is 11.4. The Morgan fingerprint density at radius 2 is 1.73 bits per heavy atom. The van der Waals surface area contributed by atoms with Crippen molar-refractivity contribution in [3.05, 3.63) is 59.1 Å². The van der Waals surface area contributed by atoms with Crippen molar-refractivity contribution >= 4 is 22.2 Å². The molecule has 0 saturated carbocycles. The van der Waals surface area contributed by atoms with Crippen molar-refractivity contribution < 1.29 is 41.1 Å². The van der Waals surface area contributed by atoms with E-state index in [-0.39, 0.29) is 36.9 Å². The first-order valence-corrected chi connectivity index (χ1v) is 13.9. The molecular formula is C27H35FO8S. The van der Waals surface area contributed by atoms with Gasteiger partial charge in [-0.05, 0) is 49.6 Å². The van der Waals surface area contributed by atoms with Crippen molar-refractivity contribution in [2.24, 2.45) is 0 Å². The van der Waals surface area contributed by atoms with Crippen LogP contribution in [0.2, 0.25) is 0 Å². The van der Waals surface area contributed by atoms with Crippen LogP contribution < -0.4 is 13.7 Å². The Balaban J connectivity index is 2.21. The van der Waals surface area contributed by atoms with Gasteiger partial charge in [-0.3, -0.25) is 0 Å². The second-order valence-electron chi connectivity index (χ2n) is 8.18. The number of hydrogen-bond acceptors (Lipinski definition) is 7. The Hall–Kier alpha value is -3.27. The van der Waals surface area contributed by atoms with E-state index in [1.807, 2.05) is 13.8 Å². The third kappa shape index (κ3) is 9.95. The molecule has 0 aliphatic heterocycles. The van der Waals surface area contributed by atoms with Gasteiger partial charge in [0.15, 0.2) is 23.1 Å². The predicted molar refractivity (Wildman–Crippen MR) is 139 cm³/mol. The molecule has 0 unspecified atom stereocenters. The van der Waals surface area contributed by atoms with E-state index in [1.54, 1.807) is 31.2 Å². The number of benzene rings is 2. The van der Waals surface area contributed by atoms with Gasteiger partial charge in [-0.15, -0.1) is 0 Å². The number of unbranched alkanes of at least 4 members (excludes halogenated alkanes) is 2. The molecule has 8 nitrogen and oxygen atoms in total. The molecule has 204 valence electrons. The molecule has 0 spiro atoms. The van der Waals surface area contributed by atoms with Crippen molar-refractivity contribution in [3.63, 3.8) is 0 Å². The van der Waals surface area contributed by atoms with Crippen molar-refractivity contribution in [1.82, 2.24) is 0 Å². The molecule has 0 amide bonds. The molecule has 0 aromatic heterocycles. The number of rotatable bonds is 17. The molecule has 2 rings (SSSR count). The van der Waals surface area contributed by atoms with E-state index in [4.69, 9.17) is 18.4 Å². The zero-order chi connectivity index (χ0) is 27.3. The average Bonchev–Trinajstić information content (AvgIpc) is 2.85. The summed E-state index contributed by atoms with van der Waals surface area (Å²) in [7, 11) is -3.92. The molecule has 10 heteroatoms. The molecule has 2 aromatic carbocycles. The van der Waals surface area contributed by atoms with Gasteiger partial charge in [0.2, 0.25) is 5.76 Å². The highest BCUT2D eigenvalue weighted by Crippen LogP contribution is 2.31. The van der Waals surface area contributed by atoms with Gasteiger partial charge < -0.3 is 23.5 Å². The first-order chi connectivity index (χ1) is 17.7. The maximum atomic E-state index is 14.4. The Labute approximate surface area is 218 Å². The van der Waals surface area contributed by atoms with Crippen LogP contribution >= 0.6 is 0 Å². The van der Waals surface area contributed by atoms with Crippen LogP contribution in [0.25, 0.3) is 6.08 Å². The monoisotopic (exact) mass is 538 g/mol. The molecule has 0 fully saturated rings. The zero-order valence-corrected chi connectivity index (χ0v) is 22.3. The van der Waals surface area contributed by atoms with Gasteiger partial charge >= 0.3 is 16.1 Å². The fourth-order valence-electron chi connectivity index (χ4n) is 3.25. The van der Waals surface area contributed by atoms with Gasteiger partial charge in [-0.2, -0.15) is 8.42 Å². The number of hydrogen-bond donors (Lipinski definition) is 1. The highest BCUT2D eigenvalue weighted by atomic mass is 32.2. The summed E-state index contributed by atoms with van der Waals surface area (Å²) >= 11 is 0. The normalized spacial score (nSPS) is 11.7. The number of halogens is 1. The third-order valence-electron chi connectivity index (χ3n) is 5.17. The van der Waals surface area contributed by atoms with Crippen molar-refractivity contribution in [2.75, 3.05) is 25.6 Å². The molecule has 0 heterocycles. The molecule has 1 N–H and O–H groups in total. The molecule has 0 radical (unpaired) electrons. The van der Waals surface area contributed by atoms with E-state index < -0.39 is 21.9 Å². The fourth-order valence-corrected chi connectivity index (χ4v) is 4.42. The van der Waals surface area contributed by atoms with Gasteiger partial charge in [-0.1, -0.05) is 44.9 Å². The second-order valence-corrected chi connectivity index (χ2v) is 9.87. The summed E-state index contributed by atoms with van der Waals surface area (Å²) in [6.45, 7) is 6.33. The smallest absolute Gasteiger partial charge is 0.371 e. The minimum atomic E-state index is -3.92. The van der Waals surface area contributed by atoms with E-state index >= 15 is 0 Å². The first kappa shape index (κ1) is 30.0. The number of carbonyl (C=O) groups is 1. The largest absolute Gasteiger partial charge is 0.490 e. The third-order valence-corrected chi connectivity index (χ3v) is 6.38. The molecule has 2 aromatic rings. The minimum Gasteiger partial charge on any atom is -0.490 e. The number of aliphatic carboxylic acids is 1. The lowest BCUT2D eigenvalue weighted by molar-refractivity contribution is -0.136. The lowest BCUT2D eigenvalue weighted by Gasteiger charge is -2.15. The van der Waals surface area contributed by atoms with Crippen LogP contribution in [0.3, 0.4) is 0 Å². The average molecular weight is 539 g/mol. The molecule has 0 bridgehead atoms. The van der Waals surface area contributed by atoms with Crippen LogP contribution in [0.15, 0.2) is 42.2 Å². The van der Waals surface area contributed by atoms with E-state index in [2.05, 4.69) is 0 Å². The molecule has 37 heavy (non-hydrogen) atoms. The summed E-state index contributed by atoms with van der Waals surface area (Å²) in [5.74, 6) is -1.82. The van der Waals surface area contributed by atoms with Gasteiger partial charge in [0, 0.05) is 12.0 Å². The lowest BCUT2D eigenvalue weighted by atomic mass is 10.1. The summed E-state index contributed by atoms with van der Waals surface area (Å²) in [5, 5.41) is 9.32. The Bertz CT molecular complexity index is 1160. The van der Waals surface area contributed by atoms with Crippen LogP contribution in [0, 0.1) is 5.82 Å². The summed E-state index contributed by atoms with van der Waals surface area (Å²) in [6.07, 6.45) is 4.40. The quantitative estimate of drug-likeness (QED) is 0.120. The Morgan fingerprint density at radius 1 is 1.00 bits per heavy atom. The standard InChI is InChI=1S/C27H35FO8S/c1-4-7-15-34-24-18-20(19-25(27(29)30)33-6-3)12-13-23(24)35-16-14-21-10-9-11-22(28)26(21)36-37(31,32)17-8-5-2/h9-13,18-19H,4-8,14-17H2,1-3H3,(H,29,30). The molecular weight excluding hydrogens is 503 g/mol. The van der Waals surface area contributed by atoms with Crippen LogP contribution in [-0.2, 0) is 26.1 Å². The summed E-state index contributed by atoms with van der Waals surface area (Å²) < 4.78 is 60.9. The molecule has 0 aliphatic rings. The topological polar surface area (TPSA) is 108 Å². The number of carboxylic acid groups (broad SMARTS) is 1. The maximum absolute atomic E-state index is 14.4. The number of carboxylic acids is 1. The Morgan fingerprint density at radius 3 is 2.41 bits per heavy atom. The van der Waals surface area contributed by atoms with Gasteiger partial charge in [0.05, 0.1) is 25.6 Å². The highest BCUT2D eigenvalue weighted by molar-refractivity contribution is 7.87. The van der Waals surface area contributed by atoms with E-state index in [1.165, 1.54) is 12.1 Å². The fraction of sp³-hybridized carbons (Fsp3) is 0.444. The van der Waals surface area contributed by atoms with Crippen molar-refractivity contribution in [3.8, 4) is 17.2 Å². The van der Waals surface area contributed by atoms with Crippen LogP contribution in [0.1, 0.15) is 57.6 Å². The number of ether oxygens (including phenoxy) is 3. The molecule has 0 atom stereocenters. The van der Waals surface area contributed by atoms with E-state index in [9.17, 15) is 22.7 Å². The van der Waals surface area contributed by atoms with Gasteiger partial charge in [0.1, 0.15) is 0 Å². The van der Waals surface area contributed by atoms with Crippen LogP contribution in [-0.4, -0.2) is 45.1 Å². The summed E-state index contributed by atoms with van der Waals surface area (Å²) in [6, 6.07) is 9.19. The van der Waals surface area contributed by atoms with Crippen LogP contribution in [0.5, 0.6) is 17.2 Å². The van der Waals surface area contributed by atoms with Gasteiger partial charge in [0.25, 0.3) is 0 Å². The van der Waals surface area contributed by atoms with Gasteiger partial charge in [-0.25, -0.2) is 9.18 Å². The zero-order valence-electron chi connectivity index (χ0n) is 21.5. The molecule has 0 saturated heterocycles. The van der Waals surface area contributed by atoms with Crippen molar-refractivity contribution in [2.45, 2.75) is 52.9 Å². The van der Waals surface area contributed by atoms with E-state index in [0.29, 0.717) is 42.1 Å². The SMILES string of the molecule is CCCCOc1cc(C=C(OCC)C(=O)O)ccc1OCCc1cccc(F)c1OS(=O)(=O)CCCC. The van der Waals surface area contributed by atoms with E-state index in [0.717, 1.165) is 18.9 Å². The molecule has 0 aliphatic carbocycles.